The predicted molar refractivity (Wildman–Crippen MR) is 93.9 cm³/mol. The average molecular weight is 369 g/mol. The summed E-state index contributed by atoms with van der Waals surface area (Å²) >= 11 is 0. The molecule has 1 atom stereocenters. The summed E-state index contributed by atoms with van der Waals surface area (Å²) in [6, 6.07) is 5.21. The molecule has 1 aliphatic carbocycles. The van der Waals surface area contributed by atoms with Gasteiger partial charge in [0.05, 0.1) is 29.5 Å². The molecule has 0 radical (unpaired) electrons. The lowest BCUT2D eigenvalue weighted by Gasteiger charge is -2.13. The van der Waals surface area contributed by atoms with Crippen LogP contribution in [0.1, 0.15) is 53.2 Å². The van der Waals surface area contributed by atoms with Gasteiger partial charge in [0.2, 0.25) is 0 Å². The number of furan rings is 1. The zero-order valence-corrected chi connectivity index (χ0v) is 15.0. The molecule has 0 saturated heterocycles. The molecule has 8 heteroatoms. The van der Waals surface area contributed by atoms with Gasteiger partial charge in [-0.05, 0) is 44.9 Å². The van der Waals surface area contributed by atoms with Gasteiger partial charge in [-0.3, -0.25) is 4.79 Å². The number of aromatic nitrogens is 2. The Morgan fingerprint density at radius 1 is 1.41 bits per heavy atom. The summed E-state index contributed by atoms with van der Waals surface area (Å²) in [5.74, 6) is -0.0574. The Morgan fingerprint density at radius 2 is 2.22 bits per heavy atom. The molecular formula is C19H19N3O5. The Morgan fingerprint density at radius 3 is 2.93 bits per heavy atom. The standard InChI is InChI=1S/C19H19N3O5/c1-10-16-14(8-15(12-5-6-12)21-18(16)27-22-10)19(24)26-11(2)17(23)20-9-13-4-3-7-25-13/h3-4,7-8,11-12H,5-6,9H2,1-2H3,(H,20,23)/t11-/m0/s1. The van der Waals surface area contributed by atoms with E-state index in [0.29, 0.717) is 34.0 Å². The zero-order chi connectivity index (χ0) is 19.0. The van der Waals surface area contributed by atoms with Crippen molar-refractivity contribution in [2.45, 2.75) is 45.3 Å². The molecule has 0 aromatic carbocycles. The van der Waals surface area contributed by atoms with Gasteiger partial charge in [-0.25, -0.2) is 9.78 Å². The van der Waals surface area contributed by atoms with Crippen molar-refractivity contribution >= 4 is 23.0 Å². The maximum atomic E-state index is 12.7. The van der Waals surface area contributed by atoms with Crippen molar-refractivity contribution in [3.63, 3.8) is 0 Å². The highest BCUT2D eigenvalue weighted by molar-refractivity contribution is 6.04. The van der Waals surface area contributed by atoms with E-state index in [1.165, 1.54) is 13.2 Å². The van der Waals surface area contributed by atoms with Crippen molar-refractivity contribution < 1.29 is 23.3 Å². The second-order valence-corrected chi connectivity index (χ2v) is 6.66. The lowest BCUT2D eigenvalue weighted by atomic mass is 10.1. The third kappa shape index (κ3) is 3.55. The number of nitrogens with one attached hydrogen (secondary N) is 1. The van der Waals surface area contributed by atoms with Crippen LogP contribution < -0.4 is 5.32 Å². The number of carbonyl (C=O) groups is 2. The maximum absolute atomic E-state index is 12.7. The van der Waals surface area contributed by atoms with Gasteiger partial charge < -0.3 is 19.0 Å². The summed E-state index contributed by atoms with van der Waals surface area (Å²) < 4.78 is 15.8. The molecule has 8 nitrogen and oxygen atoms in total. The van der Waals surface area contributed by atoms with E-state index in [9.17, 15) is 9.59 Å². The van der Waals surface area contributed by atoms with Gasteiger partial charge >= 0.3 is 5.97 Å². The third-order valence-corrected chi connectivity index (χ3v) is 4.52. The number of pyridine rings is 1. The Labute approximate surface area is 154 Å². The minimum absolute atomic E-state index is 0.226. The lowest BCUT2D eigenvalue weighted by molar-refractivity contribution is -0.129. The molecule has 0 aliphatic heterocycles. The first-order valence-electron chi connectivity index (χ1n) is 8.81. The van der Waals surface area contributed by atoms with Crippen LogP contribution in [0.5, 0.6) is 0 Å². The maximum Gasteiger partial charge on any atom is 0.339 e. The molecular weight excluding hydrogens is 350 g/mol. The number of nitrogens with zero attached hydrogens (tertiary/aromatic N) is 2. The third-order valence-electron chi connectivity index (χ3n) is 4.52. The highest BCUT2D eigenvalue weighted by atomic mass is 16.5. The molecule has 3 heterocycles. The van der Waals surface area contributed by atoms with Gasteiger partial charge in [0, 0.05) is 11.6 Å². The Bertz CT molecular complexity index is 988. The first-order valence-corrected chi connectivity index (χ1v) is 8.81. The van der Waals surface area contributed by atoms with Crippen LogP contribution in [0.25, 0.3) is 11.1 Å². The number of aryl methyl sites for hydroxylation is 1. The van der Waals surface area contributed by atoms with Crippen LogP contribution in [-0.2, 0) is 16.1 Å². The lowest BCUT2D eigenvalue weighted by Crippen LogP contribution is -2.35. The molecule has 1 saturated carbocycles. The smallest absolute Gasteiger partial charge is 0.339 e. The number of fused-ring (bicyclic) bond motifs is 1. The van der Waals surface area contributed by atoms with Crippen LogP contribution in [0.2, 0.25) is 0 Å². The first kappa shape index (κ1) is 17.3. The minimum Gasteiger partial charge on any atom is -0.467 e. The normalized spacial score (nSPS) is 14.9. The van der Waals surface area contributed by atoms with E-state index in [2.05, 4.69) is 15.5 Å². The van der Waals surface area contributed by atoms with E-state index < -0.39 is 18.0 Å². The number of esters is 1. The Balaban J connectivity index is 1.50. The van der Waals surface area contributed by atoms with Crippen LogP contribution in [-0.4, -0.2) is 28.1 Å². The summed E-state index contributed by atoms with van der Waals surface area (Å²) in [5.41, 5.74) is 1.99. The predicted octanol–water partition coefficient (Wildman–Crippen LogP) is 2.86. The van der Waals surface area contributed by atoms with Crippen LogP contribution in [0.4, 0.5) is 0 Å². The van der Waals surface area contributed by atoms with Crippen LogP contribution >= 0.6 is 0 Å². The number of rotatable bonds is 6. The number of ether oxygens (including phenoxy) is 1. The molecule has 0 bridgehead atoms. The second kappa shape index (κ2) is 6.86. The van der Waals surface area contributed by atoms with Crippen molar-refractivity contribution in [1.29, 1.82) is 0 Å². The fourth-order valence-corrected chi connectivity index (χ4v) is 2.87. The highest BCUT2D eigenvalue weighted by Gasteiger charge is 2.30. The minimum atomic E-state index is -0.958. The second-order valence-electron chi connectivity index (χ2n) is 6.66. The number of hydrogen-bond acceptors (Lipinski definition) is 7. The first-order chi connectivity index (χ1) is 13.0. The fraction of sp³-hybridized carbons (Fsp3) is 0.368. The molecule has 1 N–H and O–H groups in total. The number of carbonyl (C=O) groups excluding carboxylic acids is 2. The number of amides is 1. The van der Waals surface area contributed by atoms with E-state index in [1.807, 2.05) is 0 Å². The van der Waals surface area contributed by atoms with Gasteiger partial charge in [0.1, 0.15) is 5.76 Å². The largest absolute Gasteiger partial charge is 0.467 e. The molecule has 1 fully saturated rings. The molecule has 140 valence electrons. The molecule has 3 aromatic heterocycles. The fourth-order valence-electron chi connectivity index (χ4n) is 2.87. The van der Waals surface area contributed by atoms with Gasteiger partial charge in [-0.1, -0.05) is 5.16 Å². The van der Waals surface area contributed by atoms with Gasteiger partial charge in [-0.2, -0.15) is 0 Å². The molecule has 4 rings (SSSR count). The van der Waals surface area contributed by atoms with Crippen molar-refractivity contribution in [2.24, 2.45) is 0 Å². The van der Waals surface area contributed by atoms with E-state index in [1.54, 1.807) is 25.1 Å². The summed E-state index contributed by atoms with van der Waals surface area (Å²) in [7, 11) is 0. The summed E-state index contributed by atoms with van der Waals surface area (Å²) in [4.78, 5) is 29.4. The van der Waals surface area contributed by atoms with Crippen LogP contribution in [0.15, 0.2) is 33.4 Å². The topological polar surface area (TPSA) is 107 Å². The van der Waals surface area contributed by atoms with E-state index in [0.717, 1.165) is 18.5 Å². The SMILES string of the molecule is Cc1noc2nc(C3CC3)cc(C(=O)O[C@@H](C)C(=O)NCc3ccco3)c12. The molecule has 1 aliphatic rings. The average Bonchev–Trinajstić information content (AvgIpc) is 3.26. The Hall–Kier alpha value is -3.16. The van der Waals surface area contributed by atoms with E-state index >= 15 is 0 Å². The zero-order valence-electron chi connectivity index (χ0n) is 15.0. The van der Waals surface area contributed by atoms with Gasteiger partial charge in [0.15, 0.2) is 6.10 Å². The summed E-state index contributed by atoms with van der Waals surface area (Å²) in [5, 5.41) is 7.09. The monoisotopic (exact) mass is 369 g/mol. The van der Waals surface area contributed by atoms with Crippen LogP contribution in [0.3, 0.4) is 0 Å². The summed E-state index contributed by atoms with van der Waals surface area (Å²) in [6.45, 7) is 3.49. The molecule has 3 aromatic rings. The van der Waals surface area contributed by atoms with Crippen molar-refractivity contribution in [1.82, 2.24) is 15.5 Å². The quantitative estimate of drug-likeness (QED) is 0.666. The molecule has 27 heavy (non-hydrogen) atoms. The van der Waals surface area contributed by atoms with E-state index in [4.69, 9.17) is 13.7 Å². The van der Waals surface area contributed by atoms with Gasteiger partial charge in [0.25, 0.3) is 11.6 Å². The van der Waals surface area contributed by atoms with E-state index in [-0.39, 0.29) is 6.54 Å². The number of hydrogen-bond donors (Lipinski definition) is 1. The highest BCUT2D eigenvalue weighted by Crippen LogP contribution is 2.40. The van der Waals surface area contributed by atoms with Gasteiger partial charge in [-0.15, -0.1) is 0 Å². The molecule has 0 spiro atoms. The molecule has 0 unspecified atom stereocenters. The van der Waals surface area contributed by atoms with Crippen molar-refractivity contribution in [2.75, 3.05) is 0 Å². The van der Waals surface area contributed by atoms with Crippen molar-refractivity contribution in [3.05, 3.63) is 47.2 Å². The molecule has 1 amide bonds. The summed E-state index contributed by atoms with van der Waals surface area (Å²) in [6.07, 6.45) is 2.63. The Kier molecular flexibility index (Phi) is 4.39. The van der Waals surface area contributed by atoms with Crippen molar-refractivity contribution in [3.8, 4) is 0 Å². The van der Waals surface area contributed by atoms with Crippen LogP contribution in [0, 0.1) is 6.92 Å².